The van der Waals surface area contributed by atoms with Gasteiger partial charge in [0.05, 0.1) is 16.3 Å². The van der Waals surface area contributed by atoms with Gasteiger partial charge in [-0.15, -0.1) is 11.3 Å². The van der Waals surface area contributed by atoms with E-state index in [9.17, 15) is 0 Å². The van der Waals surface area contributed by atoms with Crippen LogP contribution in [-0.4, -0.2) is 6.61 Å². The third-order valence-corrected chi connectivity index (χ3v) is 4.62. The first-order valence-electron chi connectivity index (χ1n) is 4.21. The molecule has 1 aromatic carbocycles. The Balaban J connectivity index is 2.63. The van der Waals surface area contributed by atoms with Gasteiger partial charge in [-0.2, -0.15) is 0 Å². The molecule has 4 heteroatoms. The van der Waals surface area contributed by atoms with Crippen molar-refractivity contribution in [1.29, 1.82) is 0 Å². The van der Waals surface area contributed by atoms with E-state index in [4.69, 9.17) is 16.3 Å². The van der Waals surface area contributed by atoms with Gasteiger partial charge in [0, 0.05) is 20.4 Å². The molecule has 0 saturated carbocycles. The van der Waals surface area contributed by atoms with Crippen LogP contribution in [0.15, 0.2) is 17.5 Å². The number of halogens is 2. The number of fused-ring (bicyclic) bond motifs is 1. The fourth-order valence-corrected chi connectivity index (χ4v) is 3.44. The number of benzene rings is 1. The Morgan fingerprint density at radius 2 is 2.29 bits per heavy atom. The van der Waals surface area contributed by atoms with E-state index in [1.54, 1.807) is 11.3 Å². The molecule has 0 spiro atoms. The van der Waals surface area contributed by atoms with Crippen molar-refractivity contribution in [2.45, 2.75) is 6.92 Å². The van der Waals surface area contributed by atoms with Gasteiger partial charge in [0.1, 0.15) is 5.75 Å². The van der Waals surface area contributed by atoms with Crippen molar-refractivity contribution in [3.63, 3.8) is 0 Å². The van der Waals surface area contributed by atoms with E-state index >= 15 is 0 Å². The highest BCUT2D eigenvalue weighted by Crippen LogP contribution is 2.36. The number of rotatable bonds is 2. The standard InChI is InChI=1S/C10H8ClIOS/c1-2-13-6-3-7-9(12)5-14-10(7)8(11)4-6/h3-5H,2H2,1H3. The van der Waals surface area contributed by atoms with E-state index in [1.807, 2.05) is 19.1 Å². The molecule has 74 valence electrons. The van der Waals surface area contributed by atoms with Crippen LogP contribution in [0.5, 0.6) is 5.75 Å². The van der Waals surface area contributed by atoms with E-state index in [0.29, 0.717) is 6.61 Å². The minimum atomic E-state index is 0.669. The average molecular weight is 339 g/mol. The summed E-state index contributed by atoms with van der Waals surface area (Å²) in [5.41, 5.74) is 0. The van der Waals surface area contributed by atoms with Gasteiger partial charge < -0.3 is 4.74 Å². The van der Waals surface area contributed by atoms with E-state index in [2.05, 4.69) is 28.0 Å². The molecule has 1 heterocycles. The molecule has 0 aliphatic carbocycles. The maximum Gasteiger partial charge on any atom is 0.121 e. The van der Waals surface area contributed by atoms with Crippen LogP contribution in [0.1, 0.15) is 6.92 Å². The van der Waals surface area contributed by atoms with Gasteiger partial charge in [-0.05, 0) is 35.6 Å². The van der Waals surface area contributed by atoms with Crippen LogP contribution in [0, 0.1) is 3.57 Å². The zero-order valence-corrected chi connectivity index (χ0v) is 11.2. The van der Waals surface area contributed by atoms with Crippen LogP contribution in [0.2, 0.25) is 5.02 Å². The topological polar surface area (TPSA) is 9.23 Å². The first-order valence-corrected chi connectivity index (χ1v) is 6.55. The average Bonchev–Trinajstić information content (AvgIpc) is 2.49. The maximum atomic E-state index is 6.14. The normalized spacial score (nSPS) is 10.8. The molecule has 14 heavy (non-hydrogen) atoms. The van der Waals surface area contributed by atoms with E-state index in [0.717, 1.165) is 15.5 Å². The van der Waals surface area contributed by atoms with E-state index < -0.39 is 0 Å². The summed E-state index contributed by atoms with van der Waals surface area (Å²) < 4.78 is 7.80. The number of thiophene rings is 1. The molecule has 0 radical (unpaired) electrons. The Labute approximate surface area is 105 Å². The summed E-state index contributed by atoms with van der Waals surface area (Å²) in [7, 11) is 0. The lowest BCUT2D eigenvalue weighted by atomic mass is 10.2. The predicted octanol–water partition coefficient (Wildman–Crippen LogP) is 4.56. The fourth-order valence-electron chi connectivity index (χ4n) is 1.29. The fraction of sp³-hybridized carbons (Fsp3) is 0.200. The van der Waals surface area contributed by atoms with Crippen molar-refractivity contribution < 1.29 is 4.74 Å². The molecule has 2 rings (SSSR count). The van der Waals surface area contributed by atoms with Crippen LogP contribution < -0.4 is 4.74 Å². The summed E-state index contributed by atoms with van der Waals surface area (Å²) in [6.07, 6.45) is 0. The molecule has 0 amide bonds. The molecule has 0 bridgehead atoms. The first-order chi connectivity index (χ1) is 6.72. The predicted molar refractivity (Wildman–Crippen MR) is 70.7 cm³/mol. The summed E-state index contributed by atoms with van der Waals surface area (Å²) >= 11 is 10.1. The largest absolute Gasteiger partial charge is 0.494 e. The van der Waals surface area contributed by atoms with Crippen LogP contribution in [0.3, 0.4) is 0 Å². The summed E-state index contributed by atoms with van der Waals surface area (Å²) in [6, 6.07) is 3.92. The Kier molecular flexibility index (Phi) is 3.19. The Morgan fingerprint density at radius 3 is 3.00 bits per heavy atom. The van der Waals surface area contributed by atoms with Crippen LogP contribution >= 0.6 is 45.5 Å². The third-order valence-electron chi connectivity index (χ3n) is 1.87. The highest BCUT2D eigenvalue weighted by molar-refractivity contribution is 14.1. The van der Waals surface area contributed by atoms with Gasteiger partial charge in [-0.1, -0.05) is 11.6 Å². The second-order valence-electron chi connectivity index (χ2n) is 2.80. The summed E-state index contributed by atoms with van der Waals surface area (Å²) in [4.78, 5) is 0. The molecule has 0 aliphatic rings. The monoisotopic (exact) mass is 338 g/mol. The van der Waals surface area contributed by atoms with Crippen LogP contribution in [0.4, 0.5) is 0 Å². The van der Waals surface area contributed by atoms with E-state index in [1.165, 1.54) is 8.96 Å². The molecule has 1 nitrogen and oxygen atoms in total. The minimum absolute atomic E-state index is 0.669. The second kappa shape index (κ2) is 4.24. The molecule has 0 unspecified atom stereocenters. The van der Waals surface area contributed by atoms with Crippen molar-refractivity contribution >= 4 is 55.6 Å². The lowest BCUT2D eigenvalue weighted by Crippen LogP contribution is -1.90. The Bertz CT molecular complexity index is 466. The molecule has 2 aromatic rings. The smallest absolute Gasteiger partial charge is 0.121 e. The van der Waals surface area contributed by atoms with Gasteiger partial charge in [0.2, 0.25) is 0 Å². The molecule has 0 atom stereocenters. The Hall–Kier alpha value is -0.000000000000000111. The van der Waals surface area contributed by atoms with E-state index in [-0.39, 0.29) is 0 Å². The molecule has 0 N–H and O–H groups in total. The van der Waals surface area contributed by atoms with Gasteiger partial charge in [-0.25, -0.2) is 0 Å². The molecule has 0 aliphatic heterocycles. The maximum absolute atomic E-state index is 6.14. The van der Waals surface area contributed by atoms with Gasteiger partial charge >= 0.3 is 0 Å². The highest BCUT2D eigenvalue weighted by Gasteiger charge is 2.07. The van der Waals surface area contributed by atoms with Crippen molar-refractivity contribution in [2.24, 2.45) is 0 Å². The van der Waals surface area contributed by atoms with Gasteiger partial charge in [-0.3, -0.25) is 0 Å². The van der Waals surface area contributed by atoms with Crippen molar-refractivity contribution in [3.05, 3.63) is 26.1 Å². The number of hydrogen-bond acceptors (Lipinski definition) is 2. The Morgan fingerprint density at radius 1 is 1.50 bits per heavy atom. The van der Waals surface area contributed by atoms with Gasteiger partial charge in [0.15, 0.2) is 0 Å². The van der Waals surface area contributed by atoms with Crippen LogP contribution in [-0.2, 0) is 0 Å². The zero-order valence-electron chi connectivity index (χ0n) is 7.51. The zero-order chi connectivity index (χ0) is 10.1. The van der Waals surface area contributed by atoms with Gasteiger partial charge in [0.25, 0.3) is 0 Å². The minimum Gasteiger partial charge on any atom is -0.494 e. The SMILES string of the molecule is CCOc1cc(Cl)c2scc(I)c2c1. The second-order valence-corrected chi connectivity index (χ2v) is 5.25. The number of ether oxygens (including phenoxy) is 1. The number of hydrogen-bond donors (Lipinski definition) is 0. The molecule has 0 fully saturated rings. The van der Waals surface area contributed by atoms with Crippen LogP contribution in [0.25, 0.3) is 10.1 Å². The lowest BCUT2D eigenvalue weighted by molar-refractivity contribution is 0.341. The summed E-state index contributed by atoms with van der Waals surface area (Å²) in [5.74, 6) is 0.848. The quantitative estimate of drug-likeness (QED) is 0.730. The molecular formula is C10H8ClIOS. The third kappa shape index (κ3) is 1.85. The first kappa shape index (κ1) is 10.5. The van der Waals surface area contributed by atoms with Crippen molar-refractivity contribution in [2.75, 3.05) is 6.61 Å². The lowest BCUT2D eigenvalue weighted by Gasteiger charge is -2.04. The van der Waals surface area contributed by atoms with Crippen molar-refractivity contribution in [3.8, 4) is 5.75 Å². The molecule has 1 aromatic heterocycles. The summed E-state index contributed by atoms with van der Waals surface area (Å²) in [5, 5.41) is 4.07. The van der Waals surface area contributed by atoms with Crippen molar-refractivity contribution in [1.82, 2.24) is 0 Å². The summed E-state index contributed by atoms with van der Waals surface area (Å²) in [6.45, 7) is 2.64. The molecule has 0 saturated heterocycles. The molecular weight excluding hydrogens is 331 g/mol. The highest BCUT2D eigenvalue weighted by atomic mass is 127.